The van der Waals surface area contributed by atoms with E-state index in [0.717, 1.165) is 31.4 Å². The molecular formula is C19H27N3O3. The molecule has 25 heavy (non-hydrogen) atoms. The quantitative estimate of drug-likeness (QED) is 0.913. The molecule has 2 aliphatic rings. The highest BCUT2D eigenvalue weighted by Gasteiger charge is 2.28. The molecule has 2 atom stereocenters. The van der Waals surface area contributed by atoms with Crippen LogP contribution in [0.25, 0.3) is 0 Å². The molecule has 0 radical (unpaired) electrons. The maximum absolute atomic E-state index is 12.6. The van der Waals surface area contributed by atoms with Crippen LogP contribution in [-0.2, 0) is 9.53 Å². The van der Waals surface area contributed by atoms with Crippen LogP contribution in [0, 0.1) is 0 Å². The molecule has 3 amide bonds. The zero-order chi connectivity index (χ0) is 17.6. The second kappa shape index (κ2) is 8.34. The van der Waals surface area contributed by atoms with E-state index >= 15 is 0 Å². The van der Waals surface area contributed by atoms with Gasteiger partial charge in [-0.3, -0.25) is 4.79 Å². The van der Waals surface area contributed by atoms with Gasteiger partial charge >= 0.3 is 6.03 Å². The Morgan fingerprint density at radius 2 is 2.08 bits per heavy atom. The van der Waals surface area contributed by atoms with E-state index in [4.69, 9.17) is 4.74 Å². The second-order valence-corrected chi connectivity index (χ2v) is 6.69. The van der Waals surface area contributed by atoms with Gasteiger partial charge < -0.3 is 19.9 Å². The predicted octanol–water partition coefficient (Wildman–Crippen LogP) is 2.17. The molecule has 0 bridgehead atoms. The minimum absolute atomic E-state index is 0.0154. The van der Waals surface area contributed by atoms with E-state index in [1.807, 2.05) is 30.0 Å². The molecule has 2 heterocycles. The Balaban J connectivity index is 1.56. The Hall–Kier alpha value is -2.08. The standard InChI is InChI=1S/C19H27N3O3/c1-2-21-10-6-11-22(14-18(21)23)19(24)20-16-9-12-25-17(13-16)15-7-4-3-5-8-15/h3-5,7-8,16-17H,2,6,9-14H2,1H3,(H,20,24)/t16-,17-/m1/s1. The van der Waals surface area contributed by atoms with Gasteiger partial charge in [0.1, 0.15) is 6.54 Å². The fraction of sp³-hybridized carbons (Fsp3) is 0.579. The summed E-state index contributed by atoms with van der Waals surface area (Å²) in [5.41, 5.74) is 1.14. The van der Waals surface area contributed by atoms with Gasteiger partial charge in [0.2, 0.25) is 5.91 Å². The van der Waals surface area contributed by atoms with Crippen molar-refractivity contribution in [3.63, 3.8) is 0 Å². The predicted molar refractivity (Wildman–Crippen MR) is 95.1 cm³/mol. The lowest BCUT2D eigenvalue weighted by atomic mass is 9.97. The number of hydrogen-bond donors (Lipinski definition) is 1. The van der Waals surface area contributed by atoms with Gasteiger partial charge in [-0.05, 0) is 31.7 Å². The summed E-state index contributed by atoms with van der Waals surface area (Å²) in [4.78, 5) is 28.2. The lowest BCUT2D eigenvalue weighted by molar-refractivity contribution is -0.130. The number of likely N-dealkylation sites (N-methyl/N-ethyl adjacent to an activating group) is 1. The number of nitrogens with one attached hydrogen (secondary N) is 1. The Labute approximate surface area is 149 Å². The van der Waals surface area contributed by atoms with Gasteiger partial charge in [-0.1, -0.05) is 30.3 Å². The maximum Gasteiger partial charge on any atom is 0.318 e. The summed E-state index contributed by atoms with van der Waals surface area (Å²) in [7, 11) is 0. The molecule has 3 rings (SSSR count). The third-order valence-corrected chi connectivity index (χ3v) is 4.99. The first kappa shape index (κ1) is 17.7. The van der Waals surface area contributed by atoms with E-state index in [9.17, 15) is 9.59 Å². The van der Waals surface area contributed by atoms with Crippen molar-refractivity contribution in [1.82, 2.24) is 15.1 Å². The van der Waals surface area contributed by atoms with Gasteiger partial charge in [-0.2, -0.15) is 0 Å². The van der Waals surface area contributed by atoms with E-state index in [0.29, 0.717) is 19.7 Å². The van der Waals surface area contributed by atoms with Gasteiger partial charge in [0.05, 0.1) is 6.10 Å². The summed E-state index contributed by atoms with van der Waals surface area (Å²) in [6, 6.07) is 10.1. The highest BCUT2D eigenvalue weighted by atomic mass is 16.5. The van der Waals surface area contributed by atoms with Crippen molar-refractivity contribution in [3.8, 4) is 0 Å². The minimum Gasteiger partial charge on any atom is -0.373 e. The molecule has 1 aromatic rings. The van der Waals surface area contributed by atoms with E-state index in [-0.39, 0.29) is 30.6 Å². The lowest BCUT2D eigenvalue weighted by Crippen LogP contribution is -2.49. The van der Waals surface area contributed by atoms with Crippen molar-refractivity contribution < 1.29 is 14.3 Å². The smallest absolute Gasteiger partial charge is 0.318 e. The summed E-state index contributed by atoms with van der Waals surface area (Å²) in [5, 5.41) is 3.11. The first-order chi connectivity index (χ1) is 12.2. The van der Waals surface area contributed by atoms with Crippen molar-refractivity contribution in [2.45, 2.75) is 38.3 Å². The second-order valence-electron chi connectivity index (χ2n) is 6.69. The summed E-state index contributed by atoms with van der Waals surface area (Å²) in [5.74, 6) is 0.0317. The molecule has 6 heteroatoms. The molecule has 2 saturated heterocycles. The number of carbonyl (C=O) groups excluding carboxylic acids is 2. The molecule has 136 valence electrons. The number of ether oxygens (including phenoxy) is 1. The number of rotatable bonds is 3. The molecule has 0 aromatic heterocycles. The molecule has 6 nitrogen and oxygen atoms in total. The third kappa shape index (κ3) is 4.51. The molecule has 2 fully saturated rings. The van der Waals surface area contributed by atoms with Gasteiger partial charge in [0, 0.05) is 32.3 Å². The summed E-state index contributed by atoms with van der Waals surface area (Å²) < 4.78 is 5.86. The zero-order valence-corrected chi connectivity index (χ0v) is 14.8. The van der Waals surface area contributed by atoms with Crippen molar-refractivity contribution in [1.29, 1.82) is 0 Å². The first-order valence-corrected chi connectivity index (χ1v) is 9.17. The Morgan fingerprint density at radius 3 is 2.84 bits per heavy atom. The Bertz CT molecular complexity index is 593. The number of carbonyl (C=O) groups is 2. The monoisotopic (exact) mass is 345 g/mol. The molecular weight excluding hydrogens is 318 g/mol. The summed E-state index contributed by atoms with van der Waals surface area (Å²) >= 11 is 0. The molecule has 2 aliphatic heterocycles. The van der Waals surface area contributed by atoms with Crippen LogP contribution in [0.3, 0.4) is 0 Å². The minimum atomic E-state index is -0.134. The average molecular weight is 345 g/mol. The van der Waals surface area contributed by atoms with Crippen molar-refractivity contribution in [2.24, 2.45) is 0 Å². The van der Waals surface area contributed by atoms with E-state index < -0.39 is 0 Å². The number of hydrogen-bond acceptors (Lipinski definition) is 3. The van der Waals surface area contributed by atoms with E-state index in [1.54, 1.807) is 4.90 Å². The number of nitrogens with zero attached hydrogens (tertiary/aromatic N) is 2. The van der Waals surface area contributed by atoms with Crippen LogP contribution in [0.15, 0.2) is 30.3 Å². The van der Waals surface area contributed by atoms with Crippen LogP contribution >= 0.6 is 0 Å². The summed E-state index contributed by atoms with van der Waals surface area (Å²) in [6.07, 6.45) is 2.41. The van der Waals surface area contributed by atoms with Crippen LogP contribution in [0.5, 0.6) is 0 Å². The van der Waals surface area contributed by atoms with Gasteiger partial charge in [-0.15, -0.1) is 0 Å². The number of amides is 3. The van der Waals surface area contributed by atoms with Crippen molar-refractivity contribution >= 4 is 11.9 Å². The van der Waals surface area contributed by atoms with Gasteiger partial charge in [0.25, 0.3) is 0 Å². The van der Waals surface area contributed by atoms with Crippen molar-refractivity contribution in [3.05, 3.63) is 35.9 Å². The van der Waals surface area contributed by atoms with Gasteiger partial charge in [0.15, 0.2) is 0 Å². The van der Waals surface area contributed by atoms with Crippen LogP contribution in [-0.4, -0.2) is 60.6 Å². The van der Waals surface area contributed by atoms with E-state index in [2.05, 4.69) is 17.4 Å². The number of urea groups is 1. The average Bonchev–Trinajstić information content (AvgIpc) is 2.84. The topological polar surface area (TPSA) is 61.9 Å². The molecule has 0 unspecified atom stereocenters. The fourth-order valence-electron chi connectivity index (χ4n) is 3.52. The summed E-state index contributed by atoms with van der Waals surface area (Å²) in [6.45, 7) is 4.83. The van der Waals surface area contributed by atoms with E-state index in [1.165, 1.54) is 0 Å². The lowest BCUT2D eigenvalue weighted by Gasteiger charge is -2.32. The molecule has 1 aromatic carbocycles. The van der Waals surface area contributed by atoms with Crippen LogP contribution < -0.4 is 5.32 Å². The van der Waals surface area contributed by atoms with Crippen LogP contribution in [0.1, 0.15) is 37.9 Å². The molecule has 0 spiro atoms. The van der Waals surface area contributed by atoms with Crippen LogP contribution in [0.2, 0.25) is 0 Å². The third-order valence-electron chi connectivity index (χ3n) is 4.99. The molecule has 0 saturated carbocycles. The Kier molecular flexibility index (Phi) is 5.91. The highest BCUT2D eigenvalue weighted by molar-refractivity contribution is 5.84. The fourth-order valence-corrected chi connectivity index (χ4v) is 3.52. The Morgan fingerprint density at radius 1 is 1.28 bits per heavy atom. The SMILES string of the molecule is CCN1CCCN(C(=O)N[C@@H]2CCO[C@@H](c3ccccc3)C2)CC1=O. The highest BCUT2D eigenvalue weighted by Crippen LogP contribution is 2.28. The maximum atomic E-state index is 12.6. The zero-order valence-electron chi connectivity index (χ0n) is 14.8. The molecule has 1 N–H and O–H groups in total. The molecule has 0 aliphatic carbocycles. The van der Waals surface area contributed by atoms with Crippen molar-refractivity contribution in [2.75, 3.05) is 32.8 Å². The first-order valence-electron chi connectivity index (χ1n) is 9.17. The normalized spacial score (nSPS) is 24.8. The largest absolute Gasteiger partial charge is 0.373 e. The number of benzene rings is 1. The van der Waals surface area contributed by atoms with Gasteiger partial charge in [-0.25, -0.2) is 4.79 Å². The van der Waals surface area contributed by atoms with Crippen LogP contribution in [0.4, 0.5) is 4.79 Å².